The van der Waals surface area contributed by atoms with Crippen LogP contribution in [0.3, 0.4) is 0 Å². The van der Waals surface area contributed by atoms with Crippen LogP contribution in [-0.4, -0.2) is 7.11 Å². The van der Waals surface area contributed by atoms with Gasteiger partial charge in [0.15, 0.2) is 0 Å². The van der Waals surface area contributed by atoms with Gasteiger partial charge in [-0.2, -0.15) is 0 Å². The lowest BCUT2D eigenvalue weighted by molar-refractivity contribution is 0.413. The van der Waals surface area contributed by atoms with Gasteiger partial charge >= 0.3 is 0 Å². The van der Waals surface area contributed by atoms with Gasteiger partial charge in [0.2, 0.25) is 0 Å². The topological polar surface area (TPSA) is 21.3 Å². The van der Waals surface area contributed by atoms with Gasteiger partial charge in [0.05, 0.1) is 7.11 Å². The van der Waals surface area contributed by atoms with E-state index in [1.54, 1.807) is 7.11 Å². The van der Waals surface area contributed by atoms with Crippen molar-refractivity contribution in [2.45, 2.75) is 38.8 Å². The molecule has 2 nitrogen and oxygen atoms in total. The summed E-state index contributed by atoms with van der Waals surface area (Å²) in [6.07, 6.45) is 3.64. The Labute approximate surface area is 128 Å². The minimum Gasteiger partial charge on any atom is -0.497 e. The number of hydrogen-bond acceptors (Lipinski definition) is 2. The van der Waals surface area contributed by atoms with Crippen molar-refractivity contribution >= 4 is 0 Å². The zero-order chi connectivity index (χ0) is 14.9. The maximum atomic E-state index is 5.28. The van der Waals surface area contributed by atoms with E-state index in [0.29, 0.717) is 6.04 Å². The van der Waals surface area contributed by atoms with E-state index in [4.69, 9.17) is 4.74 Å². The van der Waals surface area contributed by atoms with Crippen LogP contribution in [-0.2, 0) is 6.54 Å². The predicted octanol–water partition coefficient (Wildman–Crippen LogP) is 4.72. The minimum atomic E-state index is 0.414. The van der Waals surface area contributed by atoms with E-state index in [9.17, 15) is 0 Å². The highest BCUT2D eigenvalue weighted by Gasteiger charge is 2.10. The second-order valence-corrected chi connectivity index (χ2v) is 5.34. The molecule has 0 aromatic heterocycles. The van der Waals surface area contributed by atoms with Crippen molar-refractivity contribution in [3.8, 4) is 5.75 Å². The molecule has 2 heteroatoms. The fourth-order valence-corrected chi connectivity index (χ4v) is 2.50. The van der Waals surface area contributed by atoms with Gasteiger partial charge in [0, 0.05) is 12.6 Å². The third kappa shape index (κ3) is 4.91. The third-order valence-electron chi connectivity index (χ3n) is 3.74. The Bertz CT molecular complexity index is 524. The van der Waals surface area contributed by atoms with E-state index in [1.807, 2.05) is 12.1 Å². The largest absolute Gasteiger partial charge is 0.497 e. The van der Waals surface area contributed by atoms with Crippen LogP contribution in [0.1, 0.15) is 43.4 Å². The maximum Gasteiger partial charge on any atom is 0.119 e. The lowest BCUT2D eigenvalue weighted by Gasteiger charge is -2.19. The van der Waals surface area contributed by atoms with Gasteiger partial charge in [-0.15, -0.1) is 0 Å². The Morgan fingerprint density at radius 3 is 2.57 bits per heavy atom. The summed E-state index contributed by atoms with van der Waals surface area (Å²) in [5, 5.41) is 3.68. The van der Waals surface area contributed by atoms with Gasteiger partial charge in [0.1, 0.15) is 5.75 Å². The molecule has 0 bridgehead atoms. The van der Waals surface area contributed by atoms with Crippen molar-refractivity contribution in [1.29, 1.82) is 0 Å². The molecule has 0 saturated carbocycles. The summed E-state index contributed by atoms with van der Waals surface area (Å²) in [4.78, 5) is 0. The molecule has 1 atom stereocenters. The first-order chi connectivity index (χ1) is 10.3. The van der Waals surface area contributed by atoms with Crippen LogP contribution < -0.4 is 10.1 Å². The fourth-order valence-electron chi connectivity index (χ4n) is 2.50. The highest BCUT2D eigenvalue weighted by atomic mass is 16.5. The minimum absolute atomic E-state index is 0.414. The van der Waals surface area contributed by atoms with Gasteiger partial charge in [-0.3, -0.25) is 0 Å². The van der Waals surface area contributed by atoms with E-state index >= 15 is 0 Å². The van der Waals surface area contributed by atoms with Gasteiger partial charge in [-0.05, 0) is 29.7 Å². The molecule has 1 unspecified atom stereocenters. The van der Waals surface area contributed by atoms with Crippen LogP contribution in [0.15, 0.2) is 54.6 Å². The van der Waals surface area contributed by atoms with Gasteiger partial charge < -0.3 is 10.1 Å². The van der Waals surface area contributed by atoms with Gasteiger partial charge in [0.25, 0.3) is 0 Å². The van der Waals surface area contributed by atoms with Crippen LogP contribution in [0.4, 0.5) is 0 Å². The first kappa shape index (κ1) is 15.6. The maximum absolute atomic E-state index is 5.28. The molecule has 2 rings (SSSR count). The summed E-state index contributed by atoms with van der Waals surface area (Å²) in [7, 11) is 1.71. The Balaban J connectivity index is 2.01. The van der Waals surface area contributed by atoms with Crippen LogP contribution in [0.25, 0.3) is 0 Å². The van der Waals surface area contributed by atoms with Gasteiger partial charge in [-0.25, -0.2) is 0 Å². The fraction of sp³-hybridized carbons (Fsp3) is 0.368. The normalized spacial score (nSPS) is 12.1. The van der Waals surface area contributed by atoms with Crippen LogP contribution in [0.5, 0.6) is 5.75 Å². The molecular formula is C19H25NO. The van der Waals surface area contributed by atoms with Crippen molar-refractivity contribution in [1.82, 2.24) is 5.32 Å². The van der Waals surface area contributed by atoms with Gasteiger partial charge in [-0.1, -0.05) is 62.2 Å². The molecule has 0 aliphatic heterocycles. The number of nitrogens with one attached hydrogen (secondary N) is 1. The quantitative estimate of drug-likeness (QED) is 0.757. The molecule has 0 radical (unpaired) electrons. The Kier molecular flexibility index (Phi) is 6.29. The molecule has 0 aliphatic rings. The second kappa shape index (κ2) is 8.48. The highest BCUT2D eigenvalue weighted by molar-refractivity contribution is 5.28. The zero-order valence-electron chi connectivity index (χ0n) is 13.0. The van der Waals surface area contributed by atoms with Crippen molar-refractivity contribution in [3.05, 3.63) is 65.7 Å². The molecule has 112 valence electrons. The summed E-state index contributed by atoms with van der Waals surface area (Å²) >= 11 is 0. The lowest BCUT2D eigenvalue weighted by atomic mass is 10.0. The predicted molar refractivity (Wildman–Crippen MR) is 88.5 cm³/mol. The van der Waals surface area contributed by atoms with Crippen LogP contribution >= 0.6 is 0 Å². The number of benzene rings is 2. The molecule has 0 heterocycles. The molecule has 2 aromatic rings. The van der Waals surface area contributed by atoms with Crippen molar-refractivity contribution in [2.24, 2.45) is 0 Å². The van der Waals surface area contributed by atoms with E-state index < -0.39 is 0 Å². The van der Waals surface area contributed by atoms with Crippen LogP contribution in [0.2, 0.25) is 0 Å². The lowest BCUT2D eigenvalue weighted by Crippen LogP contribution is -2.21. The summed E-state index contributed by atoms with van der Waals surface area (Å²) in [6.45, 7) is 3.10. The summed E-state index contributed by atoms with van der Waals surface area (Å²) in [5.41, 5.74) is 2.63. The van der Waals surface area contributed by atoms with E-state index in [1.165, 1.54) is 30.4 Å². The first-order valence-corrected chi connectivity index (χ1v) is 7.74. The number of methoxy groups -OCH3 is 1. The van der Waals surface area contributed by atoms with Crippen molar-refractivity contribution < 1.29 is 4.74 Å². The SMILES string of the molecule is CCCCC(NCc1cccc(OC)c1)c1ccccc1. The standard InChI is InChI=1S/C19H25NO/c1-3-4-13-19(17-10-6-5-7-11-17)20-15-16-9-8-12-18(14-16)21-2/h5-12,14,19-20H,3-4,13,15H2,1-2H3. The molecule has 0 spiro atoms. The number of ether oxygens (including phenoxy) is 1. The Morgan fingerprint density at radius 1 is 1.05 bits per heavy atom. The zero-order valence-corrected chi connectivity index (χ0v) is 13.0. The second-order valence-electron chi connectivity index (χ2n) is 5.34. The van der Waals surface area contributed by atoms with E-state index in [-0.39, 0.29) is 0 Å². The summed E-state index contributed by atoms with van der Waals surface area (Å²) in [5.74, 6) is 0.916. The average Bonchev–Trinajstić information content (AvgIpc) is 2.56. The highest BCUT2D eigenvalue weighted by Crippen LogP contribution is 2.20. The van der Waals surface area contributed by atoms with Crippen molar-refractivity contribution in [2.75, 3.05) is 7.11 Å². The van der Waals surface area contributed by atoms with Crippen LogP contribution in [0, 0.1) is 0 Å². The molecule has 0 saturated heterocycles. The number of rotatable bonds is 8. The van der Waals surface area contributed by atoms with Crippen molar-refractivity contribution in [3.63, 3.8) is 0 Å². The molecule has 0 aliphatic carbocycles. The molecular weight excluding hydrogens is 258 g/mol. The molecule has 1 N–H and O–H groups in total. The third-order valence-corrected chi connectivity index (χ3v) is 3.74. The van der Waals surface area contributed by atoms with E-state index in [2.05, 4.69) is 54.7 Å². The van der Waals surface area contributed by atoms with E-state index in [0.717, 1.165) is 12.3 Å². The molecule has 0 amide bonds. The Hall–Kier alpha value is -1.80. The number of unbranched alkanes of at least 4 members (excludes halogenated alkanes) is 1. The number of hydrogen-bond donors (Lipinski definition) is 1. The molecule has 21 heavy (non-hydrogen) atoms. The Morgan fingerprint density at radius 2 is 1.86 bits per heavy atom. The average molecular weight is 283 g/mol. The smallest absolute Gasteiger partial charge is 0.119 e. The molecule has 2 aromatic carbocycles. The molecule has 0 fully saturated rings. The first-order valence-electron chi connectivity index (χ1n) is 7.74. The summed E-state index contributed by atoms with van der Waals surface area (Å²) in [6, 6.07) is 19.4. The monoisotopic (exact) mass is 283 g/mol. The summed E-state index contributed by atoms with van der Waals surface area (Å²) < 4.78 is 5.28.